The highest BCUT2D eigenvalue weighted by atomic mass is 16.2. The van der Waals surface area contributed by atoms with Crippen molar-refractivity contribution in [3.8, 4) is 5.69 Å². The molecule has 0 unspecified atom stereocenters. The van der Waals surface area contributed by atoms with Crippen molar-refractivity contribution >= 4 is 23.0 Å². The van der Waals surface area contributed by atoms with Crippen molar-refractivity contribution in [3.05, 3.63) is 83.8 Å². The number of benzene rings is 2. The predicted molar refractivity (Wildman–Crippen MR) is 116 cm³/mol. The molecule has 2 aromatic heterocycles. The van der Waals surface area contributed by atoms with Gasteiger partial charge in [0.2, 0.25) is 0 Å². The molecule has 4 aromatic rings. The van der Waals surface area contributed by atoms with Gasteiger partial charge in [0.25, 0.3) is 5.91 Å². The summed E-state index contributed by atoms with van der Waals surface area (Å²) in [4.78, 5) is 16.1. The number of fused-ring (bicyclic) bond motifs is 1. The Bertz CT molecular complexity index is 1180. The first-order valence-electron chi connectivity index (χ1n) is 9.49. The molecule has 0 aliphatic carbocycles. The molecule has 2 heterocycles. The van der Waals surface area contributed by atoms with Crippen molar-refractivity contribution in [2.75, 3.05) is 0 Å². The van der Waals surface area contributed by atoms with Crippen LogP contribution < -0.4 is 5.43 Å². The number of carbonyl (C=O) groups excluding carboxylic acids is 1. The Morgan fingerprint density at radius 2 is 1.83 bits per heavy atom. The third kappa shape index (κ3) is 3.82. The maximum Gasteiger partial charge on any atom is 0.290 e. The van der Waals surface area contributed by atoms with Gasteiger partial charge >= 0.3 is 0 Å². The monoisotopic (exact) mass is 385 g/mol. The van der Waals surface area contributed by atoms with Crippen LogP contribution in [0.5, 0.6) is 0 Å². The minimum Gasteiger partial charge on any atom is -0.361 e. The predicted octanol–water partition coefficient (Wildman–Crippen LogP) is 4.42. The molecule has 146 valence electrons. The number of hydrogen-bond donors (Lipinski definition) is 2. The third-order valence-electron chi connectivity index (χ3n) is 4.70. The van der Waals surface area contributed by atoms with Crippen LogP contribution >= 0.6 is 0 Å². The quantitative estimate of drug-likeness (QED) is 0.403. The van der Waals surface area contributed by atoms with Crippen molar-refractivity contribution in [2.45, 2.75) is 26.2 Å². The minimum absolute atomic E-state index is 0.178. The zero-order valence-electron chi connectivity index (χ0n) is 16.7. The van der Waals surface area contributed by atoms with Gasteiger partial charge in [-0.15, -0.1) is 0 Å². The molecule has 4 rings (SSSR count). The van der Waals surface area contributed by atoms with Crippen molar-refractivity contribution in [2.24, 2.45) is 5.10 Å². The minimum atomic E-state index is -0.312. The number of nitrogens with one attached hydrogen (secondary N) is 2. The lowest BCUT2D eigenvalue weighted by molar-refractivity contribution is 0.0947. The second kappa shape index (κ2) is 7.39. The number of aromatic amines is 1. The van der Waals surface area contributed by atoms with Crippen molar-refractivity contribution in [1.82, 2.24) is 20.2 Å². The van der Waals surface area contributed by atoms with Crippen LogP contribution in [0.4, 0.5) is 0 Å². The number of para-hydroxylation sites is 2. The summed E-state index contributed by atoms with van der Waals surface area (Å²) in [5.74, 6) is -0.312. The Balaban J connectivity index is 1.62. The topological polar surface area (TPSA) is 75.1 Å². The summed E-state index contributed by atoms with van der Waals surface area (Å²) in [6.45, 7) is 6.21. The molecule has 0 aliphatic rings. The summed E-state index contributed by atoms with van der Waals surface area (Å²) in [7, 11) is 0. The highest BCUT2D eigenvalue weighted by Crippen LogP contribution is 2.23. The summed E-state index contributed by atoms with van der Waals surface area (Å²) in [5, 5.41) is 9.88. The van der Waals surface area contributed by atoms with E-state index in [1.54, 1.807) is 10.9 Å². The summed E-state index contributed by atoms with van der Waals surface area (Å²) in [6.07, 6.45) is 3.51. The third-order valence-corrected chi connectivity index (χ3v) is 4.70. The van der Waals surface area contributed by atoms with Crippen LogP contribution in [0.1, 0.15) is 42.5 Å². The average Bonchev–Trinajstić information content (AvgIpc) is 3.33. The van der Waals surface area contributed by atoms with E-state index < -0.39 is 0 Å². The normalized spacial score (nSPS) is 12.0. The summed E-state index contributed by atoms with van der Waals surface area (Å²) >= 11 is 0. The summed E-state index contributed by atoms with van der Waals surface area (Å²) in [6, 6.07) is 19.4. The summed E-state index contributed by atoms with van der Waals surface area (Å²) in [5.41, 5.74) is 6.50. The number of hydrogen-bond acceptors (Lipinski definition) is 3. The first-order valence-corrected chi connectivity index (χ1v) is 9.49. The van der Waals surface area contributed by atoms with Gasteiger partial charge < -0.3 is 4.98 Å². The molecule has 2 aromatic carbocycles. The standard InChI is InChI=1S/C23H23N5O/c1-23(2,3)21-13-20(28(27-21)17-9-5-4-6-10-17)22(29)26-25-15-16-14-24-19-12-8-7-11-18(16)19/h4-15,24H,1-3H3,(H,26,29). The van der Waals surface area contributed by atoms with E-state index in [0.717, 1.165) is 27.8 Å². The molecule has 0 fully saturated rings. The number of H-pyrrole nitrogens is 1. The molecular weight excluding hydrogens is 362 g/mol. The number of amides is 1. The van der Waals surface area contributed by atoms with E-state index in [0.29, 0.717) is 5.69 Å². The fourth-order valence-electron chi connectivity index (χ4n) is 3.09. The van der Waals surface area contributed by atoms with Gasteiger partial charge in [-0.3, -0.25) is 4.79 Å². The van der Waals surface area contributed by atoms with Gasteiger partial charge in [-0.2, -0.15) is 10.2 Å². The van der Waals surface area contributed by atoms with Gasteiger partial charge in [0.1, 0.15) is 5.69 Å². The zero-order chi connectivity index (χ0) is 20.4. The molecule has 0 aliphatic heterocycles. The molecule has 0 saturated heterocycles. The van der Waals surface area contributed by atoms with E-state index >= 15 is 0 Å². The van der Waals surface area contributed by atoms with Crippen LogP contribution in [-0.4, -0.2) is 26.9 Å². The number of hydrazone groups is 1. The van der Waals surface area contributed by atoms with Gasteiger partial charge in [-0.1, -0.05) is 57.2 Å². The van der Waals surface area contributed by atoms with Gasteiger partial charge in [-0.25, -0.2) is 10.1 Å². The second-order valence-electron chi connectivity index (χ2n) is 7.90. The van der Waals surface area contributed by atoms with Crippen molar-refractivity contribution in [1.29, 1.82) is 0 Å². The highest BCUT2D eigenvalue weighted by Gasteiger charge is 2.23. The molecule has 0 bridgehead atoms. The average molecular weight is 385 g/mol. The number of aromatic nitrogens is 3. The Kier molecular flexibility index (Phi) is 4.76. The SMILES string of the molecule is CC(C)(C)c1cc(C(=O)NN=Cc2c[nH]c3ccccc23)n(-c2ccccc2)n1. The van der Waals surface area contributed by atoms with Crippen LogP contribution in [0.25, 0.3) is 16.6 Å². The fraction of sp³-hybridized carbons (Fsp3) is 0.174. The molecule has 0 radical (unpaired) electrons. The zero-order valence-corrected chi connectivity index (χ0v) is 16.7. The first-order chi connectivity index (χ1) is 13.9. The van der Waals surface area contributed by atoms with E-state index in [4.69, 9.17) is 0 Å². The molecule has 2 N–H and O–H groups in total. The fourth-order valence-corrected chi connectivity index (χ4v) is 3.09. The Morgan fingerprint density at radius 1 is 1.10 bits per heavy atom. The van der Waals surface area contributed by atoms with Crippen LogP contribution in [0, 0.1) is 0 Å². The lowest BCUT2D eigenvalue weighted by atomic mass is 9.92. The maximum absolute atomic E-state index is 12.9. The molecule has 6 heteroatoms. The van der Waals surface area contributed by atoms with E-state index in [2.05, 4.69) is 41.4 Å². The maximum atomic E-state index is 12.9. The number of nitrogens with zero attached hydrogens (tertiary/aromatic N) is 3. The Labute approximate surface area is 169 Å². The molecule has 0 saturated carbocycles. The second-order valence-corrected chi connectivity index (χ2v) is 7.90. The van der Waals surface area contributed by atoms with E-state index in [1.807, 2.05) is 66.9 Å². The molecule has 0 spiro atoms. The van der Waals surface area contributed by atoms with Crippen LogP contribution in [0.2, 0.25) is 0 Å². The lowest BCUT2D eigenvalue weighted by Gasteiger charge is -2.14. The van der Waals surface area contributed by atoms with Gasteiger partial charge in [0.15, 0.2) is 0 Å². The van der Waals surface area contributed by atoms with Crippen LogP contribution in [0.15, 0.2) is 72.0 Å². The van der Waals surface area contributed by atoms with Crippen LogP contribution in [0.3, 0.4) is 0 Å². The highest BCUT2D eigenvalue weighted by molar-refractivity contribution is 6.00. The lowest BCUT2D eigenvalue weighted by Crippen LogP contribution is -2.21. The van der Waals surface area contributed by atoms with Gasteiger partial charge in [0, 0.05) is 28.1 Å². The van der Waals surface area contributed by atoms with Crippen LogP contribution in [-0.2, 0) is 5.41 Å². The van der Waals surface area contributed by atoms with E-state index in [1.165, 1.54) is 0 Å². The molecule has 6 nitrogen and oxygen atoms in total. The number of rotatable bonds is 4. The molecule has 0 atom stereocenters. The smallest absolute Gasteiger partial charge is 0.290 e. The Morgan fingerprint density at radius 3 is 2.59 bits per heavy atom. The molecular formula is C23H23N5O. The first kappa shape index (κ1) is 18.7. The van der Waals surface area contributed by atoms with Crippen molar-refractivity contribution < 1.29 is 4.79 Å². The van der Waals surface area contributed by atoms with E-state index in [9.17, 15) is 4.79 Å². The molecule has 1 amide bonds. The van der Waals surface area contributed by atoms with Gasteiger partial charge in [-0.05, 0) is 24.3 Å². The number of carbonyl (C=O) groups is 1. The van der Waals surface area contributed by atoms with Crippen molar-refractivity contribution in [3.63, 3.8) is 0 Å². The summed E-state index contributed by atoms with van der Waals surface area (Å²) < 4.78 is 1.66. The Hall–Kier alpha value is -3.67. The largest absolute Gasteiger partial charge is 0.361 e. The molecule has 29 heavy (non-hydrogen) atoms. The van der Waals surface area contributed by atoms with E-state index in [-0.39, 0.29) is 11.3 Å². The van der Waals surface area contributed by atoms with Gasteiger partial charge in [0.05, 0.1) is 17.6 Å².